The van der Waals surface area contributed by atoms with Crippen molar-refractivity contribution >= 4 is 0 Å². The minimum atomic E-state index is -0.574. The number of ether oxygens (including phenoxy) is 1. The van der Waals surface area contributed by atoms with E-state index in [9.17, 15) is 5.11 Å². The molecular weight excluding hydrogens is 204 g/mol. The number of aromatic nitrogens is 2. The van der Waals surface area contributed by atoms with Gasteiger partial charge in [-0.15, -0.1) is 0 Å². The Bertz CT molecular complexity index is 299. The highest BCUT2D eigenvalue weighted by atomic mass is 16.5. The van der Waals surface area contributed by atoms with Crippen LogP contribution >= 0.6 is 0 Å². The minimum absolute atomic E-state index is 0.135. The number of rotatable bonds is 7. The van der Waals surface area contributed by atoms with Crippen molar-refractivity contribution in [3.63, 3.8) is 0 Å². The number of aliphatic hydroxyl groups excluding tert-OH is 1. The molecule has 0 aliphatic heterocycles. The number of aliphatic hydroxyl groups is 1. The van der Waals surface area contributed by atoms with E-state index in [1.165, 1.54) is 0 Å². The number of methoxy groups -OCH3 is 1. The lowest BCUT2D eigenvalue weighted by Crippen LogP contribution is -2.20. The molecule has 4 heteroatoms. The first-order chi connectivity index (χ1) is 7.72. The van der Waals surface area contributed by atoms with Crippen molar-refractivity contribution in [2.75, 3.05) is 7.11 Å². The van der Waals surface area contributed by atoms with Gasteiger partial charge in [-0.2, -0.15) is 5.10 Å². The van der Waals surface area contributed by atoms with E-state index in [0.29, 0.717) is 0 Å². The molecule has 2 atom stereocenters. The lowest BCUT2D eigenvalue weighted by Gasteiger charge is -2.19. The molecule has 1 aromatic rings. The molecule has 1 aromatic heterocycles. The molecule has 1 rings (SSSR count). The normalized spacial score (nSPS) is 15.0. The van der Waals surface area contributed by atoms with Gasteiger partial charge in [-0.1, -0.05) is 20.3 Å². The Morgan fingerprint density at radius 1 is 1.44 bits per heavy atom. The average Bonchev–Trinajstić information content (AvgIpc) is 2.74. The second kappa shape index (κ2) is 6.66. The highest BCUT2D eigenvalue weighted by molar-refractivity contribution is 5.09. The van der Waals surface area contributed by atoms with E-state index < -0.39 is 6.10 Å². The van der Waals surface area contributed by atoms with Crippen LogP contribution in [-0.2, 0) is 11.3 Å². The van der Waals surface area contributed by atoms with Gasteiger partial charge < -0.3 is 9.84 Å². The van der Waals surface area contributed by atoms with Crippen molar-refractivity contribution in [1.29, 1.82) is 0 Å². The van der Waals surface area contributed by atoms with Gasteiger partial charge in [-0.05, 0) is 12.8 Å². The van der Waals surface area contributed by atoms with E-state index in [1.54, 1.807) is 13.3 Å². The molecule has 0 saturated heterocycles. The van der Waals surface area contributed by atoms with Gasteiger partial charge in [0.25, 0.3) is 0 Å². The molecule has 1 N–H and O–H groups in total. The third-order valence-electron chi connectivity index (χ3n) is 2.68. The van der Waals surface area contributed by atoms with Gasteiger partial charge in [-0.3, -0.25) is 4.68 Å². The molecule has 16 heavy (non-hydrogen) atoms. The lowest BCUT2D eigenvalue weighted by molar-refractivity contribution is -0.0180. The molecule has 0 fully saturated rings. The summed E-state index contributed by atoms with van der Waals surface area (Å²) in [6.45, 7) is 5.07. The van der Waals surface area contributed by atoms with E-state index in [4.69, 9.17) is 4.74 Å². The van der Waals surface area contributed by atoms with Gasteiger partial charge in [0.05, 0.1) is 12.3 Å². The highest BCUT2D eigenvalue weighted by Gasteiger charge is 2.20. The Labute approximate surface area is 97.2 Å². The fourth-order valence-corrected chi connectivity index (χ4v) is 1.79. The summed E-state index contributed by atoms with van der Waals surface area (Å²) >= 11 is 0. The van der Waals surface area contributed by atoms with Crippen LogP contribution in [0.1, 0.15) is 44.8 Å². The third-order valence-corrected chi connectivity index (χ3v) is 2.68. The minimum Gasteiger partial charge on any atom is -0.386 e. The summed E-state index contributed by atoms with van der Waals surface area (Å²) in [4.78, 5) is 0. The van der Waals surface area contributed by atoms with Gasteiger partial charge in [0.1, 0.15) is 6.10 Å². The van der Waals surface area contributed by atoms with E-state index in [0.717, 1.165) is 31.4 Å². The molecule has 1 heterocycles. The molecule has 2 unspecified atom stereocenters. The number of hydrogen-bond donors (Lipinski definition) is 1. The van der Waals surface area contributed by atoms with Crippen LogP contribution in [-0.4, -0.2) is 28.1 Å². The third kappa shape index (κ3) is 3.32. The van der Waals surface area contributed by atoms with Crippen LogP contribution in [0.15, 0.2) is 12.4 Å². The summed E-state index contributed by atoms with van der Waals surface area (Å²) < 4.78 is 7.15. The summed E-state index contributed by atoms with van der Waals surface area (Å²) in [5.74, 6) is 0. The van der Waals surface area contributed by atoms with E-state index in [1.807, 2.05) is 10.9 Å². The monoisotopic (exact) mass is 226 g/mol. The maximum Gasteiger partial charge on any atom is 0.108 e. The second-order valence-electron chi connectivity index (χ2n) is 4.04. The summed E-state index contributed by atoms with van der Waals surface area (Å²) in [6, 6.07) is 0. The largest absolute Gasteiger partial charge is 0.386 e. The Hall–Kier alpha value is -0.870. The van der Waals surface area contributed by atoms with E-state index in [-0.39, 0.29) is 6.10 Å². The molecule has 0 aromatic carbocycles. The average molecular weight is 226 g/mol. The molecule has 92 valence electrons. The lowest BCUT2D eigenvalue weighted by atomic mass is 10.0. The van der Waals surface area contributed by atoms with Crippen molar-refractivity contribution in [2.24, 2.45) is 0 Å². The standard InChI is InChI=1S/C12H22N2O2/c1-4-6-11(16-3)12(15)10-8-13-14(9-10)7-5-2/h8-9,11-12,15H,4-7H2,1-3H3. The molecular formula is C12H22N2O2. The zero-order valence-electron chi connectivity index (χ0n) is 10.4. The number of hydrogen-bond acceptors (Lipinski definition) is 3. The molecule has 0 aliphatic carbocycles. The Balaban J connectivity index is 2.66. The van der Waals surface area contributed by atoms with Gasteiger partial charge in [0, 0.05) is 25.4 Å². The van der Waals surface area contributed by atoms with Crippen LogP contribution < -0.4 is 0 Å². The van der Waals surface area contributed by atoms with Gasteiger partial charge >= 0.3 is 0 Å². The van der Waals surface area contributed by atoms with Gasteiger partial charge in [-0.25, -0.2) is 0 Å². The van der Waals surface area contributed by atoms with Crippen molar-refractivity contribution < 1.29 is 9.84 Å². The number of aryl methyl sites for hydroxylation is 1. The fourth-order valence-electron chi connectivity index (χ4n) is 1.79. The second-order valence-corrected chi connectivity index (χ2v) is 4.04. The maximum atomic E-state index is 10.1. The molecule has 0 bridgehead atoms. The molecule has 0 radical (unpaired) electrons. The van der Waals surface area contributed by atoms with Crippen molar-refractivity contribution in [3.05, 3.63) is 18.0 Å². The Morgan fingerprint density at radius 2 is 2.19 bits per heavy atom. The van der Waals surface area contributed by atoms with Gasteiger partial charge in [0.2, 0.25) is 0 Å². The van der Waals surface area contributed by atoms with Crippen LogP contribution in [0, 0.1) is 0 Å². The molecule has 0 spiro atoms. The van der Waals surface area contributed by atoms with Crippen LogP contribution in [0.2, 0.25) is 0 Å². The molecule has 4 nitrogen and oxygen atoms in total. The van der Waals surface area contributed by atoms with E-state index >= 15 is 0 Å². The quantitative estimate of drug-likeness (QED) is 0.775. The summed E-state index contributed by atoms with van der Waals surface area (Å²) in [5.41, 5.74) is 0.841. The van der Waals surface area contributed by atoms with E-state index in [2.05, 4.69) is 18.9 Å². The predicted molar refractivity (Wildman–Crippen MR) is 63.2 cm³/mol. The first-order valence-electron chi connectivity index (χ1n) is 5.96. The topological polar surface area (TPSA) is 47.3 Å². The van der Waals surface area contributed by atoms with Gasteiger partial charge in [0.15, 0.2) is 0 Å². The summed E-state index contributed by atoms with van der Waals surface area (Å²) in [5, 5.41) is 14.3. The molecule has 0 saturated carbocycles. The van der Waals surface area contributed by atoms with Crippen molar-refractivity contribution in [1.82, 2.24) is 9.78 Å². The van der Waals surface area contributed by atoms with Crippen LogP contribution in [0.5, 0.6) is 0 Å². The van der Waals surface area contributed by atoms with Crippen molar-refractivity contribution in [3.8, 4) is 0 Å². The zero-order chi connectivity index (χ0) is 12.0. The van der Waals surface area contributed by atoms with Crippen molar-refractivity contribution in [2.45, 2.75) is 51.9 Å². The first kappa shape index (κ1) is 13.2. The Morgan fingerprint density at radius 3 is 2.75 bits per heavy atom. The zero-order valence-corrected chi connectivity index (χ0v) is 10.4. The summed E-state index contributed by atoms with van der Waals surface area (Å²) in [7, 11) is 1.64. The molecule has 0 aliphatic rings. The first-order valence-corrected chi connectivity index (χ1v) is 5.96. The smallest absolute Gasteiger partial charge is 0.108 e. The molecule has 0 amide bonds. The van der Waals surface area contributed by atoms with Crippen LogP contribution in [0.3, 0.4) is 0 Å². The summed E-state index contributed by atoms with van der Waals surface area (Å²) in [6.07, 6.45) is 5.81. The Kier molecular flexibility index (Phi) is 5.49. The SMILES string of the molecule is CCCC(OC)C(O)c1cnn(CCC)c1. The van der Waals surface area contributed by atoms with Crippen LogP contribution in [0.25, 0.3) is 0 Å². The fraction of sp³-hybridized carbons (Fsp3) is 0.750. The van der Waals surface area contributed by atoms with Crippen LogP contribution in [0.4, 0.5) is 0 Å². The predicted octanol–water partition coefficient (Wildman–Crippen LogP) is 2.14. The maximum absolute atomic E-state index is 10.1. The number of nitrogens with zero attached hydrogens (tertiary/aromatic N) is 2. The highest BCUT2D eigenvalue weighted by Crippen LogP contribution is 2.21.